The molecule has 1 heterocycles. The van der Waals surface area contributed by atoms with Crippen LogP contribution in [0.4, 0.5) is 5.69 Å². The van der Waals surface area contributed by atoms with Gasteiger partial charge in [-0.2, -0.15) is 0 Å². The van der Waals surface area contributed by atoms with Gasteiger partial charge < -0.3 is 9.33 Å². The van der Waals surface area contributed by atoms with E-state index >= 15 is 0 Å². The minimum atomic E-state index is -0.743. The van der Waals surface area contributed by atoms with Crippen molar-refractivity contribution in [2.45, 2.75) is 58.9 Å². The summed E-state index contributed by atoms with van der Waals surface area (Å²) >= 11 is 0. The van der Waals surface area contributed by atoms with Gasteiger partial charge in [0.05, 0.1) is 23.7 Å². The molecule has 1 radical (unpaired) electrons. The van der Waals surface area contributed by atoms with E-state index in [2.05, 4.69) is 62.9 Å². The predicted molar refractivity (Wildman–Crippen MR) is 86.4 cm³/mol. The maximum absolute atomic E-state index is 6.19. The summed E-state index contributed by atoms with van der Waals surface area (Å²) in [6.07, 6.45) is 4.69. The van der Waals surface area contributed by atoms with Gasteiger partial charge in [-0.3, -0.25) is 4.98 Å². The number of hydrogen-bond donors (Lipinski definition) is 0. The molecule has 0 aliphatic heterocycles. The highest BCUT2D eigenvalue weighted by molar-refractivity contribution is 6.48. The van der Waals surface area contributed by atoms with Gasteiger partial charge in [0.25, 0.3) is 0 Å². The van der Waals surface area contributed by atoms with E-state index in [1.54, 1.807) is 0 Å². The molecule has 1 aromatic heterocycles. The zero-order chi connectivity index (χ0) is 14.9. The van der Waals surface area contributed by atoms with Crippen molar-refractivity contribution in [3.63, 3.8) is 0 Å². The first-order chi connectivity index (χ1) is 9.29. The van der Waals surface area contributed by atoms with Crippen LogP contribution in [-0.2, 0) is 4.43 Å². The zero-order valence-corrected chi connectivity index (χ0v) is 14.6. The first-order valence-electron chi connectivity index (χ1n) is 7.44. The maximum Gasteiger partial charge on any atom is 0.205 e. The lowest BCUT2D eigenvalue weighted by atomic mass is 9.87. The third-order valence-corrected chi connectivity index (χ3v) is 4.39. The second-order valence-electron chi connectivity index (χ2n) is 7.06. The van der Waals surface area contributed by atoms with E-state index in [1.165, 1.54) is 18.5 Å². The molecule has 0 N–H and O–H groups in total. The van der Waals surface area contributed by atoms with Crippen LogP contribution < -0.4 is 4.90 Å². The molecule has 1 saturated carbocycles. The van der Waals surface area contributed by atoms with Crippen LogP contribution in [0.3, 0.4) is 0 Å². The van der Waals surface area contributed by atoms with Gasteiger partial charge in [-0.15, -0.1) is 0 Å². The quantitative estimate of drug-likeness (QED) is 0.766. The predicted octanol–water partition coefficient (Wildman–Crippen LogP) is 4.04. The molecule has 1 aliphatic rings. The van der Waals surface area contributed by atoms with Crippen LogP contribution in [-0.4, -0.2) is 27.1 Å². The number of pyridine rings is 1. The zero-order valence-electron chi connectivity index (χ0n) is 13.6. The van der Waals surface area contributed by atoms with Gasteiger partial charge in [-0.1, -0.05) is 20.8 Å². The fourth-order valence-corrected chi connectivity index (χ4v) is 3.30. The molecule has 1 fully saturated rings. The van der Waals surface area contributed by atoms with E-state index < -0.39 is 9.04 Å². The SMILES string of the molecule is CN(c1ccc(C(O[Si](C)C)C(C)(C)C)nc1)C1CC1. The molecule has 1 aliphatic carbocycles. The Morgan fingerprint density at radius 1 is 1.30 bits per heavy atom. The van der Waals surface area contributed by atoms with Crippen LogP contribution in [0.2, 0.25) is 13.1 Å². The second-order valence-corrected chi connectivity index (χ2v) is 9.11. The maximum atomic E-state index is 6.19. The summed E-state index contributed by atoms with van der Waals surface area (Å²) in [7, 11) is 1.42. The molecular formula is C16H27N2OSi. The molecule has 1 unspecified atom stereocenters. The average Bonchev–Trinajstić information content (AvgIpc) is 3.18. The monoisotopic (exact) mass is 291 g/mol. The molecule has 0 spiro atoms. The van der Waals surface area contributed by atoms with Crippen LogP contribution in [0.25, 0.3) is 0 Å². The number of anilines is 1. The lowest BCUT2D eigenvalue weighted by Gasteiger charge is -2.32. The summed E-state index contributed by atoms with van der Waals surface area (Å²) in [4.78, 5) is 7.01. The third kappa shape index (κ3) is 3.82. The number of hydrogen-bond acceptors (Lipinski definition) is 3. The fourth-order valence-electron chi connectivity index (χ4n) is 2.35. The molecule has 20 heavy (non-hydrogen) atoms. The van der Waals surface area contributed by atoms with E-state index in [0.717, 1.165) is 11.7 Å². The lowest BCUT2D eigenvalue weighted by molar-refractivity contribution is 0.0827. The van der Waals surface area contributed by atoms with Crippen LogP contribution >= 0.6 is 0 Å². The van der Waals surface area contributed by atoms with Crippen molar-refractivity contribution in [2.24, 2.45) is 5.41 Å². The summed E-state index contributed by atoms with van der Waals surface area (Å²) in [5.74, 6) is 0. The van der Waals surface area contributed by atoms with E-state index in [0.29, 0.717) is 0 Å². The van der Waals surface area contributed by atoms with Crippen LogP contribution in [0.15, 0.2) is 18.3 Å². The molecule has 4 heteroatoms. The molecular weight excluding hydrogens is 264 g/mol. The van der Waals surface area contributed by atoms with E-state index in [4.69, 9.17) is 4.43 Å². The fraction of sp³-hybridized carbons (Fsp3) is 0.688. The number of aromatic nitrogens is 1. The van der Waals surface area contributed by atoms with Crippen molar-refractivity contribution < 1.29 is 4.43 Å². The highest BCUT2D eigenvalue weighted by atomic mass is 28.3. The summed E-state index contributed by atoms with van der Waals surface area (Å²) < 4.78 is 6.19. The first-order valence-corrected chi connectivity index (χ1v) is 9.85. The summed E-state index contributed by atoms with van der Waals surface area (Å²) in [5, 5.41) is 0. The van der Waals surface area contributed by atoms with Gasteiger partial charge in [0.1, 0.15) is 0 Å². The van der Waals surface area contributed by atoms with Gasteiger partial charge >= 0.3 is 0 Å². The van der Waals surface area contributed by atoms with Crippen LogP contribution in [0, 0.1) is 5.41 Å². The largest absolute Gasteiger partial charge is 0.408 e. The first kappa shape index (κ1) is 15.5. The van der Waals surface area contributed by atoms with Crippen molar-refractivity contribution in [1.82, 2.24) is 4.98 Å². The second kappa shape index (κ2) is 5.86. The third-order valence-electron chi connectivity index (χ3n) is 3.68. The molecule has 111 valence electrons. The molecule has 0 aromatic carbocycles. The minimum Gasteiger partial charge on any atom is -0.408 e. The van der Waals surface area contributed by atoms with Gasteiger partial charge in [-0.25, -0.2) is 0 Å². The van der Waals surface area contributed by atoms with E-state index in [9.17, 15) is 0 Å². The Morgan fingerprint density at radius 2 is 1.95 bits per heavy atom. The molecule has 3 nitrogen and oxygen atoms in total. The van der Waals surface area contributed by atoms with Gasteiger partial charge in [0.15, 0.2) is 0 Å². The Morgan fingerprint density at radius 3 is 2.35 bits per heavy atom. The Bertz CT molecular complexity index is 435. The molecule has 0 bridgehead atoms. The minimum absolute atomic E-state index is 0.0683. The topological polar surface area (TPSA) is 25.4 Å². The van der Waals surface area contributed by atoms with Crippen LogP contribution in [0.1, 0.15) is 45.4 Å². The molecule has 1 aromatic rings. The summed E-state index contributed by atoms with van der Waals surface area (Å²) in [6, 6.07) is 5.04. The number of rotatable bonds is 5. The highest BCUT2D eigenvalue weighted by Gasteiger charge is 2.30. The smallest absolute Gasteiger partial charge is 0.205 e. The van der Waals surface area contributed by atoms with E-state index in [1.807, 2.05) is 6.20 Å². The normalized spacial score (nSPS) is 17.4. The van der Waals surface area contributed by atoms with Crippen molar-refractivity contribution in [3.8, 4) is 0 Å². The lowest BCUT2D eigenvalue weighted by Crippen LogP contribution is -2.27. The van der Waals surface area contributed by atoms with Crippen LogP contribution in [0.5, 0.6) is 0 Å². The Labute approximate surface area is 125 Å². The summed E-state index contributed by atoms with van der Waals surface area (Å²) in [5.41, 5.74) is 2.33. The van der Waals surface area contributed by atoms with Crippen molar-refractivity contribution in [3.05, 3.63) is 24.0 Å². The molecule has 0 saturated heterocycles. The van der Waals surface area contributed by atoms with Crippen molar-refractivity contribution in [2.75, 3.05) is 11.9 Å². The van der Waals surface area contributed by atoms with Gasteiger partial charge in [-0.05, 0) is 43.5 Å². The Kier molecular flexibility index (Phi) is 4.54. The van der Waals surface area contributed by atoms with Gasteiger partial charge in [0.2, 0.25) is 9.04 Å². The van der Waals surface area contributed by atoms with Crippen molar-refractivity contribution >= 4 is 14.7 Å². The standard InChI is InChI=1S/C16H27N2OSi/c1-16(2,3)15(19-20(5)6)14-10-9-13(11-17-14)18(4)12-7-8-12/h9-12,15H,7-8H2,1-6H3. The average molecular weight is 291 g/mol. The van der Waals surface area contributed by atoms with Gasteiger partial charge in [0, 0.05) is 13.1 Å². The highest BCUT2D eigenvalue weighted by Crippen LogP contribution is 2.36. The molecule has 2 rings (SSSR count). The van der Waals surface area contributed by atoms with Crippen molar-refractivity contribution in [1.29, 1.82) is 0 Å². The molecule has 0 amide bonds. The Hall–Kier alpha value is -0.873. The van der Waals surface area contributed by atoms with E-state index in [-0.39, 0.29) is 11.5 Å². The summed E-state index contributed by atoms with van der Waals surface area (Å²) in [6.45, 7) is 11.0. The molecule has 1 atom stereocenters. The number of nitrogens with zero attached hydrogens (tertiary/aromatic N) is 2. The Balaban J connectivity index is 2.16.